The molecule has 10 heteroatoms. The summed E-state index contributed by atoms with van der Waals surface area (Å²) in [5.74, 6) is 0.697. The lowest BCUT2D eigenvalue weighted by molar-refractivity contribution is 0.0714. The third kappa shape index (κ3) is 4.30. The molecule has 0 aliphatic carbocycles. The number of hydrogen-bond donors (Lipinski definition) is 1. The van der Waals surface area contributed by atoms with E-state index in [1.54, 1.807) is 27.6 Å². The fourth-order valence-corrected chi connectivity index (χ4v) is 4.78. The average Bonchev–Trinajstić information content (AvgIpc) is 3.50. The summed E-state index contributed by atoms with van der Waals surface area (Å²) < 4.78 is 20.9. The van der Waals surface area contributed by atoms with Gasteiger partial charge in [-0.05, 0) is 45.0 Å². The van der Waals surface area contributed by atoms with Crippen LogP contribution in [-0.2, 0) is 0 Å². The fourth-order valence-electron chi connectivity index (χ4n) is 3.83. The first-order valence-electron chi connectivity index (χ1n) is 10.8. The van der Waals surface area contributed by atoms with Crippen LogP contribution in [0.3, 0.4) is 0 Å². The Morgan fingerprint density at radius 3 is 2.61 bits per heavy atom. The second-order valence-corrected chi connectivity index (χ2v) is 9.96. The highest BCUT2D eigenvalue weighted by Gasteiger charge is 2.27. The zero-order valence-corrected chi connectivity index (χ0v) is 19.5. The summed E-state index contributed by atoms with van der Waals surface area (Å²) in [5, 5.41) is 9.15. The fraction of sp³-hybridized carbons (Fsp3) is 0.348. The van der Waals surface area contributed by atoms with Gasteiger partial charge in [0.15, 0.2) is 11.6 Å². The van der Waals surface area contributed by atoms with E-state index in [0.29, 0.717) is 43.2 Å². The van der Waals surface area contributed by atoms with Crippen LogP contribution in [0.1, 0.15) is 31.3 Å². The first kappa shape index (κ1) is 21.4. The van der Waals surface area contributed by atoms with Gasteiger partial charge in [-0.1, -0.05) is 23.5 Å². The van der Waals surface area contributed by atoms with E-state index in [4.69, 9.17) is 14.5 Å². The minimum absolute atomic E-state index is 0.0926. The first-order chi connectivity index (χ1) is 15.8. The van der Waals surface area contributed by atoms with E-state index in [1.807, 2.05) is 6.07 Å². The number of amides is 1. The van der Waals surface area contributed by atoms with Gasteiger partial charge in [-0.25, -0.2) is 9.37 Å². The second kappa shape index (κ2) is 8.18. The molecule has 1 saturated heterocycles. The minimum atomic E-state index is -0.304. The predicted octanol–water partition coefficient (Wildman–Crippen LogP) is 4.36. The van der Waals surface area contributed by atoms with Crippen LogP contribution in [0.15, 0.2) is 47.1 Å². The molecule has 4 heterocycles. The molecule has 1 aliphatic rings. The number of rotatable bonds is 4. The summed E-state index contributed by atoms with van der Waals surface area (Å²) >= 11 is 1.48. The van der Waals surface area contributed by atoms with E-state index in [-0.39, 0.29) is 17.3 Å². The number of anilines is 2. The molecular formula is C23H25FN6O2S. The Kier molecular flexibility index (Phi) is 5.32. The quantitative estimate of drug-likeness (QED) is 0.479. The Morgan fingerprint density at radius 1 is 1.15 bits per heavy atom. The molecule has 1 aromatic carbocycles. The summed E-state index contributed by atoms with van der Waals surface area (Å²) in [6.07, 6.45) is 1.51. The SMILES string of the molecule is CC(C)(C)Nc1c(-c2cccc(F)c2)nc2sc(N3CCN(C(=O)c4ccco4)CC3)nn12. The number of hydrogen-bond acceptors (Lipinski definition) is 7. The van der Waals surface area contributed by atoms with Crippen molar-refractivity contribution in [3.05, 3.63) is 54.2 Å². The minimum Gasteiger partial charge on any atom is -0.459 e. The zero-order chi connectivity index (χ0) is 23.2. The van der Waals surface area contributed by atoms with Crippen LogP contribution in [0.5, 0.6) is 0 Å². The van der Waals surface area contributed by atoms with Gasteiger partial charge in [-0.3, -0.25) is 4.79 Å². The molecule has 0 spiro atoms. The highest BCUT2D eigenvalue weighted by atomic mass is 32.1. The number of nitrogens with one attached hydrogen (secondary N) is 1. The number of furan rings is 1. The molecule has 8 nitrogen and oxygen atoms in total. The molecular weight excluding hydrogens is 443 g/mol. The molecule has 0 saturated carbocycles. The summed E-state index contributed by atoms with van der Waals surface area (Å²) in [6, 6.07) is 9.84. The van der Waals surface area contributed by atoms with Crippen molar-refractivity contribution in [1.82, 2.24) is 19.5 Å². The largest absolute Gasteiger partial charge is 0.459 e. The summed E-state index contributed by atoms with van der Waals surface area (Å²) in [4.78, 5) is 22.0. The van der Waals surface area contributed by atoms with Crippen molar-refractivity contribution < 1.29 is 13.6 Å². The van der Waals surface area contributed by atoms with Crippen LogP contribution in [-0.4, -0.2) is 57.1 Å². The predicted molar refractivity (Wildman–Crippen MR) is 126 cm³/mol. The van der Waals surface area contributed by atoms with E-state index >= 15 is 0 Å². The summed E-state index contributed by atoms with van der Waals surface area (Å²) in [6.45, 7) is 8.69. The van der Waals surface area contributed by atoms with Crippen LogP contribution in [0.25, 0.3) is 16.2 Å². The maximum atomic E-state index is 13.9. The van der Waals surface area contributed by atoms with E-state index in [1.165, 1.54) is 29.7 Å². The lowest BCUT2D eigenvalue weighted by atomic mass is 10.1. The molecule has 1 fully saturated rings. The van der Waals surface area contributed by atoms with Crippen molar-refractivity contribution in [2.45, 2.75) is 26.3 Å². The molecule has 1 aliphatic heterocycles. The van der Waals surface area contributed by atoms with E-state index in [2.05, 4.69) is 31.0 Å². The number of halogens is 1. The molecule has 0 unspecified atom stereocenters. The normalized spacial score (nSPS) is 14.8. The van der Waals surface area contributed by atoms with E-state index in [9.17, 15) is 9.18 Å². The maximum Gasteiger partial charge on any atom is 0.289 e. The summed E-state index contributed by atoms with van der Waals surface area (Å²) in [5.41, 5.74) is 1.13. The van der Waals surface area contributed by atoms with Gasteiger partial charge in [-0.2, -0.15) is 4.52 Å². The number of aromatic nitrogens is 3. The first-order valence-corrected chi connectivity index (χ1v) is 11.6. The van der Waals surface area contributed by atoms with Crippen molar-refractivity contribution in [2.75, 3.05) is 36.4 Å². The van der Waals surface area contributed by atoms with Crippen LogP contribution in [0, 0.1) is 5.82 Å². The molecule has 4 aromatic rings. The van der Waals surface area contributed by atoms with Crippen LogP contribution in [0.4, 0.5) is 15.3 Å². The lowest BCUT2D eigenvalue weighted by Gasteiger charge is -2.33. The third-order valence-electron chi connectivity index (χ3n) is 5.35. The number of imidazole rings is 1. The molecule has 1 N–H and O–H groups in total. The number of piperazine rings is 1. The Morgan fingerprint density at radius 2 is 1.94 bits per heavy atom. The molecule has 33 heavy (non-hydrogen) atoms. The van der Waals surface area contributed by atoms with E-state index in [0.717, 1.165) is 15.9 Å². The Labute approximate surface area is 194 Å². The number of nitrogens with zero attached hydrogens (tertiary/aromatic N) is 5. The molecule has 1 amide bonds. The smallest absolute Gasteiger partial charge is 0.289 e. The van der Waals surface area contributed by atoms with Gasteiger partial charge in [-0.15, -0.1) is 5.10 Å². The highest BCUT2D eigenvalue weighted by Crippen LogP contribution is 2.35. The van der Waals surface area contributed by atoms with Gasteiger partial charge in [0.1, 0.15) is 11.5 Å². The molecule has 0 bridgehead atoms. The van der Waals surface area contributed by atoms with Gasteiger partial charge >= 0.3 is 0 Å². The highest BCUT2D eigenvalue weighted by molar-refractivity contribution is 7.20. The number of carbonyl (C=O) groups is 1. The van der Waals surface area contributed by atoms with Gasteiger partial charge in [0, 0.05) is 37.3 Å². The van der Waals surface area contributed by atoms with Crippen molar-refractivity contribution in [1.29, 1.82) is 0 Å². The molecule has 0 atom stereocenters. The van der Waals surface area contributed by atoms with Crippen molar-refractivity contribution in [2.24, 2.45) is 0 Å². The topological polar surface area (TPSA) is 78.9 Å². The van der Waals surface area contributed by atoms with Gasteiger partial charge in [0.25, 0.3) is 5.91 Å². The van der Waals surface area contributed by atoms with Crippen molar-refractivity contribution >= 4 is 33.2 Å². The Bertz CT molecular complexity index is 1280. The third-order valence-corrected chi connectivity index (χ3v) is 6.32. The Balaban J connectivity index is 1.41. The molecule has 0 radical (unpaired) electrons. The number of benzene rings is 1. The molecule has 172 valence electrons. The van der Waals surface area contributed by atoms with E-state index < -0.39 is 0 Å². The van der Waals surface area contributed by atoms with Crippen molar-refractivity contribution in [3.63, 3.8) is 0 Å². The lowest BCUT2D eigenvalue weighted by Crippen LogP contribution is -2.48. The number of carbonyl (C=O) groups excluding carboxylic acids is 1. The van der Waals surface area contributed by atoms with Gasteiger partial charge in [0.2, 0.25) is 10.1 Å². The zero-order valence-electron chi connectivity index (χ0n) is 18.7. The van der Waals surface area contributed by atoms with Gasteiger partial charge < -0.3 is 19.5 Å². The monoisotopic (exact) mass is 468 g/mol. The van der Waals surface area contributed by atoms with Crippen molar-refractivity contribution in [3.8, 4) is 11.3 Å². The van der Waals surface area contributed by atoms with Crippen LogP contribution < -0.4 is 10.2 Å². The number of fused-ring (bicyclic) bond motifs is 1. The maximum absolute atomic E-state index is 13.9. The second-order valence-electron chi connectivity index (χ2n) is 9.03. The molecule has 5 rings (SSSR count). The average molecular weight is 469 g/mol. The van der Waals surface area contributed by atoms with Crippen LogP contribution in [0.2, 0.25) is 0 Å². The molecule has 3 aromatic heterocycles. The standard InChI is InChI=1S/C23H25FN6O2S/c1-23(2,3)26-19-18(15-6-4-7-16(24)14-15)25-21-30(19)27-22(33-21)29-11-9-28(10-12-29)20(31)17-8-5-13-32-17/h4-8,13-14,26H,9-12H2,1-3H3. The summed E-state index contributed by atoms with van der Waals surface area (Å²) in [7, 11) is 0. The van der Waals surface area contributed by atoms with Crippen LogP contribution >= 0.6 is 11.3 Å². The Hall–Kier alpha value is -3.40. The van der Waals surface area contributed by atoms with Gasteiger partial charge in [0.05, 0.1) is 6.26 Å².